The minimum absolute atomic E-state index is 0.700. The highest BCUT2D eigenvalue weighted by Crippen LogP contribution is 2.23. The van der Waals surface area contributed by atoms with Crippen LogP contribution in [0.3, 0.4) is 0 Å². The van der Waals surface area contributed by atoms with Crippen LogP contribution >= 0.6 is 0 Å². The fourth-order valence-electron chi connectivity index (χ4n) is 1.82. The predicted octanol–water partition coefficient (Wildman–Crippen LogP) is 1.77. The largest absolute Gasteiger partial charge is 0.497 e. The molecule has 2 nitrogen and oxygen atoms in total. The van der Waals surface area contributed by atoms with Crippen LogP contribution in [0.5, 0.6) is 5.75 Å². The Morgan fingerprint density at radius 2 is 2.08 bits per heavy atom. The summed E-state index contributed by atoms with van der Waals surface area (Å²) in [4.78, 5) is 0. The summed E-state index contributed by atoms with van der Waals surface area (Å²) in [6, 6.07) is 8.40. The first-order valence-corrected chi connectivity index (χ1v) is 4.75. The Morgan fingerprint density at radius 1 is 1.31 bits per heavy atom. The second-order valence-corrected chi connectivity index (χ2v) is 3.46. The van der Waals surface area contributed by atoms with Crippen LogP contribution in [0.4, 0.5) is 0 Å². The van der Waals surface area contributed by atoms with Crippen molar-refractivity contribution in [1.82, 2.24) is 5.32 Å². The molecule has 0 saturated carbocycles. The Balaban J connectivity index is 2.12. The van der Waals surface area contributed by atoms with Gasteiger partial charge < -0.3 is 10.1 Å². The quantitative estimate of drug-likeness (QED) is 0.743. The van der Waals surface area contributed by atoms with Gasteiger partial charge in [-0.05, 0) is 36.6 Å². The third-order valence-electron chi connectivity index (χ3n) is 2.65. The first-order chi connectivity index (χ1) is 6.40. The third-order valence-corrected chi connectivity index (χ3v) is 2.65. The van der Waals surface area contributed by atoms with Crippen LogP contribution in [-0.4, -0.2) is 20.2 Å². The van der Waals surface area contributed by atoms with E-state index in [0.29, 0.717) is 5.92 Å². The molecule has 0 unspecified atom stereocenters. The van der Waals surface area contributed by atoms with Gasteiger partial charge in [-0.2, -0.15) is 0 Å². The van der Waals surface area contributed by atoms with Gasteiger partial charge >= 0.3 is 0 Å². The van der Waals surface area contributed by atoms with E-state index in [1.807, 2.05) is 12.1 Å². The average Bonchev–Trinajstić information content (AvgIpc) is 2.71. The molecule has 1 N–H and O–H groups in total. The zero-order valence-electron chi connectivity index (χ0n) is 7.92. The Kier molecular flexibility index (Phi) is 2.50. The minimum atomic E-state index is 0.700. The molecular formula is C11H15NO. The highest BCUT2D eigenvalue weighted by atomic mass is 16.5. The van der Waals surface area contributed by atoms with E-state index in [1.54, 1.807) is 7.11 Å². The van der Waals surface area contributed by atoms with Crippen molar-refractivity contribution in [2.45, 2.75) is 12.3 Å². The van der Waals surface area contributed by atoms with E-state index in [9.17, 15) is 0 Å². The molecule has 2 rings (SSSR count). The molecule has 0 spiro atoms. The number of hydrogen-bond acceptors (Lipinski definition) is 2. The van der Waals surface area contributed by atoms with Crippen molar-refractivity contribution >= 4 is 0 Å². The van der Waals surface area contributed by atoms with Gasteiger partial charge in [-0.3, -0.25) is 0 Å². The van der Waals surface area contributed by atoms with Gasteiger partial charge in [0.25, 0.3) is 0 Å². The maximum atomic E-state index is 5.12. The van der Waals surface area contributed by atoms with E-state index in [4.69, 9.17) is 4.74 Å². The molecule has 0 radical (unpaired) electrons. The fraction of sp³-hybridized carbons (Fsp3) is 0.455. The molecule has 0 amide bonds. The SMILES string of the molecule is COc1ccc([C@@H]2CCNC2)cc1. The van der Waals surface area contributed by atoms with Crippen molar-refractivity contribution < 1.29 is 4.74 Å². The number of rotatable bonds is 2. The number of ether oxygens (including phenoxy) is 1. The molecule has 1 aromatic carbocycles. The van der Waals surface area contributed by atoms with Crippen LogP contribution in [0.15, 0.2) is 24.3 Å². The highest BCUT2D eigenvalue weighted by Gasteiger charge is 2.15. The number of benzene rings is 1. The molecule has 1 fully saturated rings. The first-order valence-electron chi connectivity index (χ1n) is 4.75. The molecule has 0 bridgehead atoms. The number of nitrogens with one attached hydrogen (secondary N) is 1. The number of hydrogen-bond donors (Lipinski definition) is 1. The van der Waals surface area contributed by atoms with Crippen LogP contribution < -0.4 is 10.1 Å². The maximum absolute atomic E-state index is 5.12. The average molecular weight is 177 g/mol. The van der Waals surface area contributed by atoms with Crippen LogP contribution in [0.2, 0.25) is 0 Å². The van der Waals surface area contributed by atoms with Crippen molar-refractivity contribution in [3.8, 4) is 5.75 Å². The Labute approximate surface area is 78.9 Å². The van der Waals surface area contributed by atoms with E-state index < -0.39 is 0 Å². The third kappa shape index (κ3) is 1.83. The molecule has 0 aliphatic carbocycles. The minimum Gasteiger partial charge on any atom is -0.497 e. The van der Waals surface area contributed by atoms with Crippen LogP contribution in [0.25, 0.3) is 0 Å². The lowest BCUT2D eigenvalue weighted by atomic mass is 9.99. The molecule has 13 heavy (non-hydrogen) atoms. The summed E-state index contributed by atoms with van der Waals surface area (Å²) in [7, 11) is 1.70. The molecule has 1 aromatic rings. The lowest BCUT2D eigenvalue weighted by molar-refractivity contribution is 0.414. The van der Waals surface area contributed by atoms with Crippen LogP contribution in [-0.2, 0) is 0 Å². The summed E-state index contributed by atoms with van der Waals surface area (Å²) in [5, 5.41) is 3.37. The van der Waals surface area contributed by atoms with Crippen molar-refractivity contribution in [3.63, 3.8) is 0 Å². The molecule has 1 aliphatic heterocycles. The van der Waals surface area contributed by atoms with E-state index >= 15 is 0 Å². The highest BCUT2D eigenvalue weighted by molar-refractivity contribution is 5.30. The van der Waals surface area contributed by atoms with Gasteiger partial charge in [0.1, 0.15) is 5.75 Å². The molecule has 70 valence electrons. The summed E-state index contributed by atoms with van der Waals surface area (Å²) >= 11 is 0. The smallest absolute Gasteiger partial charge is 0.118 e. The van der Waals surface area contributed by atoms with E-state index in [2.05, 4.69) is 17.4 Å². The summed E-state index contributed by atoms with van der Waals surface area (Å²) in [5.74, 6) is 1.64. The summed E-state index contributed by atoms with van der Waals surface area (Å²) in [6.07, 6.45) is 1.26. The molecule has 1 heterocycles. The topological polar surface area (TPSA) is 21.3 Å². The standard InChI is InChI=1S/C11H15NO/c1-13-11-4-2-9(3-5-11)10-6-7-12-8-10/h2-5,10,12H,6-8H2,1H3/t10-/m1/s1. The van der Waals surface area contributed by atoms with Gasteiger partial charge in [0, 0.05) is 6.54 Å². The van der Waals surface area contributed by atoms with Crippen LogP contribution in [0, 0.1) is 0 Å². The molecule has 2 heteroatoms. The van der Waals surface area contributed by atoms with Crippen molar-refractivity contribution in [2.24, 2.45) is 0 Å². The monoisotopic (exact) mass is 177 g/mol. The Hall–Kier alpha value is -1.02. The Morgan fingerprint density at radius 3 is 2.62 bits per heavy atom. The predicted molar refractivity (Wildman–Crippen MR) is 53.2 cm³/mol. The normalized spacial score (nSPS) is 21.8. The zero-order chi connectivity index (χ0) is 9.10. The fourth-order valence-corrected chi connectivity index (χ4v) is 1.82. The lowest BCUT2D eigenvalue weighted by Crippen LogP contribution is -2.07. The summed E-state index contributed by atoms with van der Waals surface area (Å²) in [5.41, 5.74) is 1.42. The van der Waals surface area contributed by atoms with Gasteiger partial charge in [0.05, 0.1) is 7.11 Å². The van der Waals surface area contributed by atoms with Crippen molar-refractivity contribution in [1.29, 1.82) is 0 Å². The maximum Gasteiger partial charge on any atom is 0.118 e. The van der Waals surface area contributed by atoms with Crippen LogP contribution in [0.1, 0.15) is 17.9 Å². The zero-order valence-corrected chi connectivity index (χ0v) is 7.92. The molecule has 0 aromatic heterocycles. The molecule has 1 saturated heterocycles. The van der Waals surface area contributed by atoms with E-state index in [0.717, 1.165) is 18.8 Å². The first kappa shape index (κ1) is 8.57. The van der Waals surface area contributed by atoms with Gasteiger partial charge in [-0.25, -0.2) is 0 Å². The molecular weight excluding hydrogens is 162 g/mol. The Bertz CT molecular complexity index is 262. The summed E-state index contributed by atoms with van der Waals surface area (Å²) < 4.78 is 5.12. The number of methoxy groups -OCH3 is 1. The van der Waals surface area contributed by atoms with Crippen molar-refractivity contribution in [3.05, 3.63) is 29.8 Å². The second-order valence-electron chi connectivity index (χ2n) is 3.46. The van der Waals surface area contributed by atoms with Gasteiger partial charge in [-0.1, -0.05) is 12.1 Å². The molecule has 1 atom stereocenters. The molecule has 1 aliphatic rings. The van der Waals surface area contributed by atoms with E-state index in [-0.39, 0.29) is 0 Å². The lowest BCUT2D eigenvalue weighted by Gasteiger charge is -2.08. The van der Waals surface area contributed by atoms with Gasteiger partial charge in [0.2, 0.25) is 0 Å². The van der Waals surface area contributed by atoms with Gasteiger partial charge in [-0.15, -0.1) is 0 Å². The summed E-state index contributed by atoms with van der Waals surface area (Å²) in [6.45, 7) is 2.27. The second kappa shape index (κ2) is 3.79. The van der Waals surface area contributed by atoms with E-state index in [1.165, 1.54) is 12.0 Å². The van der Waals surface area contributed by atoms with Crippen molar-refractivity contribution in [2.75, 3.05) is 20.2 Å². The van der Waals surface area contributed by atoms with Gasteiger partial charge in [0.15, 0.2) is 0 Å².